The van der Waals surface area contributed by atoms with Crippen LogP contribution in [0.25, 0.3) is 21.9 Å². The highest BCUT2D eigenvalue weighted by Crippen LogP contribution is 2.55. The third kappa shape index (κ3) is 5.51. The Morgan fingerprint density at radius 3 is 1.73 bits per heavy atom. The third-order valence-electron chi connectivity index (χ3n) is 17.0. The zero-order valence-electron chi connectivity index (χ0n) is 41.3. The SMILES string of the molecule is Cc1cc2c(cc1N1c3cc4c(cc3B3c5ccc6c(oc7ccccc76)c5N(c5ccccc5C)c5cc(C(C)(C)C)cc1c53)C(C)(C)c1ccccc1C4(C)C)C(C)(C)CCC2(C)C. The first-order valence-corrected chi connectivity index (χ1v) is 24.4. The topological polar surface area (TPSA) is 19.6 Å². The van der Waals surface area contributed by atoms with Crippen molar-refractivity contribution in [2.45, 2.75) is 130 Å². The summed E-state index contributed by atoms with van der Waals surface area (Å²) in [7, 11) is 0. The summed E-state index contributed by atoms with van der Waals surface area (Å²) in [6.45, 7) is 31.3. The molecule has 0 atom stereocenters. The molecule has 12 rings (SSSR count). The van der Waals surface area contributed by atoms with E-state index in [1.807, 2.05) is 0 Å². The Morgan fingerprint density at radius 1 is 0.485 bits per heavy atom. The van der Waals surface area contributed by atoms with Crippen molar-refractivity contribution in [3.8, 4) is 0 Å². The van der Waals surface area contributed by atoms with E-state index < -0.39 is 0 Å². The molecule has 4 heteroatoms. The highest BCUT2D eigenvalue weighted by Gasteiger charge is 2.49. The van der Waals surface area contributed by atoms with Crippen LogP contribution in [0.2, 0.25) is 0 Å². The van der Waals surface area contributed by atoms with E-state index in [1.165, 1.54) is 101 Å². The van der Waals surface area contributed by atoms with Crippen LogP contribution in [0.4, 0.5) is 34.1 Å². The lowest BCUT2D eigenvalue weighted by atomic mass is 9.33. The smallest absolute Gasteiger partial charge is 0.252 e. The van der Waals surface area contributed by atoms with E-state index in [4.69, 9.17) is 4.42 Å². The number of nitrogens with zero attached hydrogens (tertiary/aromatic N) is 2. The molecule has 330 valence electrons. The molecule has 0 N–H and O–H groups in total. The number of fused-ring (bicyclic) bond motifs is 11. The van der Waals surface area contributed by atoms with Crippen LogP contribution >= 0.6 is 0 Å². The van der Waals surface area contributed by atoms with E-state index >= 15 is 0 Å². The van der Waals surface area contributed by atoms with E-state index in [2.05, 4.69) is 221 Å². The van der Waals surface area contributed by atoms with E-state index in [-0.39, 0.29) is 33.8 Å². The van der Waals surface area contributed by atoms with Gasteiger partial charge >= 0.3 is 0 Å². The molecule has 2 aliphatic carbocycles. The summed E-state index contributed by atoms with van der Waals surface area (Å²) in [5.41, 5.74) is 25.3. The van der Waals surface area contributed by atoms with Crippen molar-refractivity contribution < 1.29 is 4.42 Å². The van der Waals surface area contributed by atoms with E-state index in [1.54, 1.807) is 0 Å². The fourth-order valence-electron chi connectivity index (χ4n) is 12.9. The van der Waals surface area contributed by atoms with Gasteiger partial charge in [-0.1, -0.05) is 161 Å². The molecule has 0 bridgehead atoms. The quantitative estimate of drug-likeness (QED) is 0.161. The summed E-state index contributed by atoms with van der Waals surface area (Å²) in [5, 5.41) is 2.30. The van der Waals surface area contributed by atoms with Gasteiger partial charge in [0.05, 0.1) is 5.69 Å². The minimum absolute atomic E-state index is 0.0469. The second-order valence-corrected chi connectivity index (χ2v) is 23.8. The zero-order valence-corrected chi connectivity index (χ0v) is 41.3. The molecule has 1 aromatic heterocycles. The van der Waals surface area contributed by atoms with Gasteiger partial charge in [0.15, 0.2) is 5.58 Å². The van der Waals surface area contributed by atoms with Gasteiger partial charge in [0, 0.05) is 50.0 Å². The van der Waals surface area contributed by atoms with Crippen LogP contribution in [0.1, 0.15) is 139 Å². The predicted octanol–water partition coefficient (Wildman–Crippen LogP) is 14.9. The normalized spacial score (nSPS) is 18.0. The average molecular weight is 863 g/mol. The molecule has 3 nitrogen and oxygen atoms in total. The van der Waals surface area contributed by atoms with Gasteiger partial charge in [-0.15, -0.1) is 0 Å². The van der Waals surface area contributed by atoms with E-state index in [0.717, 1.165) is 34.0 Å². The zero-order chi connectivity index (χ0) is 46.2. The first-order chi connectivity index (χ1) is 31.2. The van der Waals surface area contributed by atoms with Crippen molar-refractivity contribution >= 4 is 79.2 Å². The van der Waals surface area contributed by atoms with Crippen molar-refractivity contribution in [3.63, 3.8) is 0 Å². The van der Waals surface area contributed by atoms with Crippen LogP contribution in [0.5, 0.6) is 0 Å². The Hall–Kier alpha value is -6.00. The fourth-order valence-corrected chi connectivity index (χ4v) is 12.9. The average Bonchev–Trinajstić information content (AvgIpc) is 3.66. The second-order valence-electron chi connectivity index (χ2n) is 23.8. The molecular weight excluding hydrogens is 800 g/mol. The molecule has 66 heavy (non-hydrogen) atoms. The van der Waals surface area contributed by atoms with Crippen LogP contribution in [0, 0.1) is 13.8 Å². The standard InChI is InChI=1S/C62H63BN2O/c1-36-20-14-18-24-49(36)65-53-32-38(58(3,4)5)31-52-55(53)63(47-27-26-40-39-21-15-19-25-54(39)66-57(40)56(47)65)48-33-45-46(62(12,13)42-23-17-16-22-41(42)61(45,10)11)35-51(48)64(52)50-34-44-43(30-37(50)2)59(6,7)28-29-60(44,8)9/h14-27,30-35H,28-29H2,1-13H3. The second kappa shape index (κ2) is 13.3. The molecule has 3 heterocycles. The van der Waals surface area contributed by atoms with Gasteiger partial charge < -0.3 is 14.2 Å². The predicted molar refractivity (Wildman–Crippen MR) is 282 cm³/mol. The van der Waals surface area contributed by atoms with Crippen LogP contribution in [-0.2, 0) is 27.1 Å². The van der Waals surface area contributed by atoms with Gasteiger partial charge in [0.25, 0.3) is 6.71 Å². The van der Waals surface area contributed by atoms with Crippen molar-refractivity contribution in [1.82, 2.24) is 0 Å². The summed E-state index contributed by atoms with van der Waals surface area (Å²) in [5.74, 6) is 0. The monoisotopic (exact) mass is 863 g/mol. The first kappa shape index (κ1) is 41.4. The molecule has 0 saturated heterocycles. The summed E-state index contributed by atoms with van der Waals surface area (Å²) < 4.78 is 7.12. The minimum atomic E-state index is -0.218. The lowest BCUT2D eigenvalue weighted by Gasteiger charge is -2.49. The maximum atomic E-state index is 7.12. The molecule has 0 unspecified atom stereocenters. The van der Waals surface area contributed by atoms with Gasteiger partial charge in [0.2, 0.25) is 0 Å². The van der Waals surface area contributed by atoms with E-state index in [9.17, 15) is 0 Å². The third-order valence-corrected chi connectivity index (χ3v) is 17.0. The Balaban J connectivity index is 1.27. The maximum absolute atomic E-state index is 7.12. The Labute approximate surface area is 392 Å². The number of furan rings is 1. The number of anilines is 6. The molecule has 0 radical (unpaired) electrons. The Bertz CT molecular complexity index is 3410. The van der Waals surface area contributed by atoms with E-state index in [0.29, 0.717) is 0 Å². The molecule has 7 aromatic carbocycles. The highest BCUT2D eigenvalue weighted by molar-refractivity contribution is 7.00. The summed E-state index contributed by atoms with van der Waals surface area (Å²) >= 11 is 0. The van der Waals surface area contributed by atoms with Crippen molar-refractivity contribution in [3.05, 3.63) is 171 Å². The summed E-state index contributed by atoms with van der Waals surface area (Å²) in [6, 6.07) is 47.0. The summed E-state index contributed by atoms with van der Waals surface area (Å²) in [4.78, 5) is 5.30. The van der Waals surface area contributed by atoms with Gasteiger partial charge in [-0.3, -0.25) is 0 Å². The number of para-hydroxylation sites is 2. The number of hydrogen-bond acceptors (Lipinski definition) is 3. The molecule has 8 aromatic rings. The van der Waals surface area contributed by atoms with Crippen LogP contribution in [0.15, 0.2) is 126 Å². The Kier molecular flexibility index (Phi) is 8.37. The lowest BCUT2D eigenvalue weighted by Crippen LogP contribution is -2.62. The highest BCUT2D eigenvalue weighted by atomic mass is 16.3. The molecule has 0 spiro atoms. The molecule has 0 fully saturated rings. The van der Waals surface area contributed by atoms with Crippen LogP contribution < -0.4 is 26.2 Å². The molecule has 0 saturated carbocycles. The number of rotatable bonds is 2. The summed E-state index contributed by atoms with van der Waals surface area (Å²) in [6.07, 6.45) is 2.35. The number of hydrogen-bond donors (Lipinski definition) is 0. The first-order valence-electron chi connectivity index (χ1n) is 24.4. The lowest BCUT2D eigenvalue weighted by molar-refractivity contribution is 0.332. The van der Waals surface area contributed by atoms with Gasteiger partial charge in [-0.2, -0.15) is 0 Å². The van der Waals surface area contributed by atoms with Crippen LogP contribution in [0.3, 0.4) is 0 Å². The van der Waals surface area contributed by atoms with Crippen molar-refractivity contribution in [2.75, 3.05) is 9.80 Å². The minimum Gasteiger partial charge on any atom is -0.454 e. The fraction of sp³-hybridized carbons (Fsp3) is 0.323. The number of aryl methyl sites for hydroxylation is 2. The van der Waals surface area contributed by atoms with Crippen molar-refractivity contribution in [1.29, 1.82) is 0 Å². The molecule has 2 aliphatic heterocycles. The van der Waals surface area contributed by atoms with Gasteiger partial charge in [0.1, 0.15) is 5.58 Å². The maximum Gasteiger partial charge on any atom is 0.252 e. The largest absolute Gasteiger partial charge is 0.454 e. The molecule has 4 aliphatic rings. The van der Waals surface area contributed by atoms with Crippen LogP contribution in [-0.4, -0.2) is 6.71 Å². The molecule has 0 amide bonds. The van der Waals surface area contributed by atoms with Crippen molar-refractivity contribution in [2.24, 2.45) is 0 Å². The van der Waals surface area contributed by atoms with Gasteiger partial charge in [-0.25, -0.2) is 0 Å². The number of benzene rings is 7. The molecular formula is C62H63BN2O. The Morgan fingerprint density at radius 2 is 1.06 bits per heavy atom. The van der Waals surface area contributed by atoms with Gasteiger partial charge in [-0.05, 0) is 146 Å².